The van der Waals surface area contributed by atoms with Crippen LogP contribution in [0.25, 0.3) is 0 Å². The van der Waals surface area contributed by atoms with E-state index in [1.54, 1.807) is 16.9 Å². The fourth-order valence-corrected chi connectivity index (χ4v) is 2.80. The zero-order valence-electron chi connectivity index (χ0n) is 12.7. The van der Waals surface area contributed by atoms with Crippen molar-refractivity contribution in [2.45, 2.75) is 38.8 Å². The van der Waals surface area contributed by atoms with Crippen LogP contribution in [-0.2, 0) is 11.3 Å². The van der Waals surface area contributed by atoms with Gasteiger partial charge < -0.3 is 14.9 Å². The van der Waals surface area contributed by atoms with Crippen molar-refractivity contribution < 1.29 is 19.2 Å². The number of nitrogens with one attached hydrogen (secondary N) is 1. The number of hydrogen-bond acceptors (Lipinski definition) is 5. The minimum atomic E-state index is -0.806. The molecule has 0 saturated heterocycles. The van der Waals surface area contributed by atoms with E-state index in [4.69, 9.17) is 9.63 Å². The number of rotatable bonds is 5. The second kappa shape index (κ2) is 6.23. The Morgan fingerprint density at radius 1 is 1.48 bits per heavy atom. The van der Waals surface area contributed by atoms with Crippen molar-refractivity contribution in [3.05, 3.63) is 35.5 Å². The monoisotopic (exact) mass is 318 g/mol. The van der Waals surface area contributed by atoms with E-state index in [2.05, 4.69) is 15.6 Å². The summed E-state index contributed by atoms with van der Waals surface area (Å²) >= 11 is 0. The summed E-state index contributed by atoms with van der Waals surface area (Å²) in [5.41, 5.74) is 1.24. The lowest BCUT2D eigenvalue weighted by Crippen LogP contribution is -2.33. The van der Waals surface area contributed by atoms with Gasteiger partial charge in [0.1, 0.15) is 6.54 Å². The first-order chi connectivity index (χ1) is 11.0. The third kappa shape index (κ3) is 3.58. The molecule has 2 heterocycles. The van der Waals surface area contributed by atoms with E-state index in [-0.39, 0.29) is 23.6 Å². The highest BCUT2D eigenvalue weighted by Gasteiger charge is 2.31. The Kier molecular flexibility index (Phi) is 4.14. The molecule has 0 radical (unpaired) electrons. The first kappa shape index (κ1) is 15.3. The van der Waals surface area contributed by atoms with Crippen molar-refractivity contribution in [1.82, 2.24) is 20.3 Å². The molecule has 23 heavy (non-hydrogen) atoms. The van der Waals surface area contributed by atoms with Gasteiger partial charge in [-0.05, 0) is 31.7 Å². The summed E-state index contributed by atoms with van der Waals surface area (Å²) in [6.45, 7) is 2.34. The SMILES string of the molecule is Cc1cnn(Cc2cc(C(=O)N[C@@H]3CC[C@H](C(=O)O)C3)no2)c1. The van der Waals surface area contributed by atoms with E-state index >= 15 is 0 Å². The third-order valence-electron chi connectivity index (χ3n) is 3.99. The van der Waals surface area contributed by atoms with Crippen LogP contribution < -0.4 is 5.32 Å². The minimum Gasteiger partial charge on any atom is -0.481 e. The van der Waals surface area contributed by atoms with E-state index in [1.807, 2.05) is 13.1 Å². The Morgan fingerprint density at radius 3 is 2.96 bits per heavy atom. The summed E-state index contributed by atoms with van der Waals surface area (Å²) in [6, 6.07) is 1.45. The predicted molar refractivity (Wildman–Crippen MR) is 78.8 cm³/mol. The molecule has 8 nitrogen and oxygen atoms in total. The average Bonchev–Trinajstić information content (AvgIpc) is 3.20. The second-order valence-electron chi connectivity index (χ2n) is 5.91. The number of amides is 1. The topological polar surface area (TPSA) is 110 Å². The van der Waals surface area contributed by atoms with Crippen LogP contribution in [0, 0.1) is 12.8 Å². The molecular formula is C15H18N4O4. The number of aromatic nitrogens is 3. The van der Waals surface area contributed by atoms with Crippen LogP contribution in [0.5, 0.6) is 0 Å². The molecule has 0 aromatic carbocycles. The number of carbonyl (C=O) groups is 2. The number of aliphatic carboxylic acids is 1. The number of hydrogen-bond donors (Lipinski definition) is 2. The Labute approximate surface area is 132 Å². The van der Waals surface area contributed by atoms with Crippen molar-refractivity contribution in [3.63, 3.8) is 0 Å². The lowest BCUT2D eigenvalue weighted by atomic mass is 10.1. The van der Waals surface area contributed by atoms with E-state index in [9.17, 15) is 9.59 Å². The van der Waals surface area contributed by atoms with Gasteiger partial charge in [-0.2, -0.15) is 5.10 Å². The zero-order chi connectivity index (χ0) is 16.4. The standard InChI is InChI=1S/C15H18N4O4/c1-9-6-16-19(7-9)8-12-5-13(18-23-12)14(20)17-11-3-2-10(4-11)15(21)22/h5-7,10-11H,2-4,8H2,1H3,(H,17,20)(H,21,22)/t10-,11+/m0/s1. The predicted octanol–water partition coefficient (Wildman–Crippen LogP) is 1.21. The smallest absolute Gasteiger partial charge is 0.306 e. The number of carboxylic acids is 1. The highest BCUT2D eigenvalue weighted by atomic mass is 16.5. The maximum Gasteiger partial charge on any atom is 0.306 e. The lowest BCUT2D eigenvalue weighted by Gasteiger charge is -2.10. The fraction of sp³-hybridized carbons (Fsp3) is 0.467. The molecule has 2 N–H and O–H groups in total. The summed E-state index contributed by atoms with van der Waals surface area (Å²) in [6.07, 6.45) is 5.32. The molecule has 122 valence electrons. The van der Waals surface area contributed by atoms with Gasteiger partial charge in [-0.25, -0.2) is 0 Å². The van der Waals surface area contributed by atoms with Crippen molar-refractivity contribution in [2.24, 2.45) is 5.92 Å². The maximum absolute atomic E-state index is 12.1. The number of nitrogens with zero attached hydrogens (tertiary/aromatic N) is 3. The Hall–Kier alpha value is -2.64. The van der Waals surface area contributed by atoms with Crippen LogP contribution in [0.3, 0.4) is 0 Å². The summed E-state index contributed by atoms with van der Waals surface area (Å²) in [5, 5.41) is 19.7. The molecular weight excluding hydrogens is 300 g/mol. The van der Waals surface area contributed by atoms with Gasteiger partial charge in [0.2, 0.25) is 0 Å². The summed E-state index contributed by atoms with van der Waals surface area (Å²) in [4.78, 5) is 23.1. The Morgan fingerprint density at radius 2 is 2.30 bits per heavy atom. The second-order valence-corrected chi connectivity index (χ2v) is 5.91. The van der Waals surface area contributed by atoms with Gasteiger partial charge in [-0.1, -0.05) is 5.16 Å². The van der Waals surface area contributed by atoms with Gasteiger partial charge in [0, 0.05) is 18.3 Å². The van der Waals surface area contributed by atoms with Crippen LogP contribution in [-0.4, -0.2) is 38.0 Å². The van der Waals surface area contributed by atoms with Crippen molar-refractivity contribution in [2.75, 3.05) is 0 Å². The Balaban J connectivity index is 1.57. The molecule has 2 atom stereocenters. The molecule has 1 aliphatic carbocycles. The minimum absolute atomic E-state index is 0.127. The highest BCUT2D eigenvalue weighted by molar-refractivity contribution is 5.92. The molecule has 2 aromatic rings. The molecule has 1 fully saturated rings. The van der Waals surface area contributed by atoms with E-state index in [0.29, 0.717) is 31.6 Å². The Bertz CT molecular complexity index is 721. The molecule has 1 aliphatic rings. The van der Waals surface area contributed by atoms with Gasteiger partial charge in [0.25, 0.3) is 5.91 Å². The quantitative estimate of drug-likeness (QED) is 0.857. The summed E-state index contributed by atoms with van der Waals surface area (Å²) in [5.74, 6) is -0.989. The molecule has 0 aliphatic heterocycles. The van der Waals surface area contributed by atoms with E-state index in [0.717, 1.165) is 5.56 Å². The third-order valence-corrected chi connectivity index (χ3v) is 3.99. The van der Waals surface area contributed by atoms with Crippen LogP contribution in [0.15, 0.2) is 23.0 Å². The lowest BCUT2D eigenvalue weighted by molar-refractivity contribution is -0.141. The molecule has 1 amide bonds. The van der Waals surface area contributed by atoms with Gasteiger partial charge in [0.15, 0.2) is 11.5 Å². The van der Waals surface area contributed by atoms with Gasteiger partial charge >= 0.3 is 5.97 Å². The first-order valence-corrected chi connectivity index (χ1v) is 7.49. The molecule has 8 heteroatoms. The van der Waals surface area contributed by atoms with Gasteiger partial charge in [-0.15, -0.1) is 0 Å². The van der Waals surface area contributed by atoms with Gasteiger partial charge in [0.05, 0.1) is 12.1 Å². The van der Waals surface area contributed by atoms with Crippen LogP contribution >= 0.6 is 0 Å². The molecule has 2 aromatic heterocycles. The zero-order valence-corrected chi connectivity index (χ0v) is 12.7. The van der Waals surface area contributed by atoms with Crippen LogP contribution in [0.4, 0.5) is 0 Å². The molecule has 0 spiro atoms. The number of carboxylic acid groups (broad SMARTS) is 1. The van der Waals surface area contributed by atoms with Crippen molar-refractivity contribution in [1.29, 1.82) is 0 Å². The molecule has 3 rings (SSSR count). The van der Waals surface area contributed by atoms with Gasteiger partial charge in [-0.3, -0.25) is 14.3 Å². The summed E-state index contributed by atoms with van der Waals surface area (Å²) in [7, 11) is 0. The van der Waals surface area contributed by atoms with Crippen molar-refractivity contribution >= 4 is 11.9 Å². The molecule has 0 unspecified atom stereocenters. The van der Waals surface area contributed by atoms with Crippen LogP contribution in [0.2, 0.25) is 0 Å². The number of aryl methyl sites for hydroxylation is 1. The average molecular weight is 318 g/mol. The summed E-state index contributed by atoms with van der Waals surface area (Å²) < 4.78 is 6.86. The van der Waals surface area contributed by atoms with Crippen LogP contribution in [0.1, 0.15) is 41.1 Å². The molecule has 1 saturated carbocycles. The van der Waals surface area contributed by atoms with E-state index < -0.39 is 5.97 Å². The highest BCUT2D eigenvalue weighted by Crippen LogP contribution is 2.25. The fourth-order valence-electron chi connectivity index (χ4n) is 2.80. The number of carbonyl (C=O) groups excluding carboxylic acids is 1. The largest absolute Gasteiger partial charge is 0.481 e. The van der Waals surface area contributed by atoms with Crippen molar-refractivity contribution in [3.8, 4) is 0 Å². The normalized spacial score (nSPS) is 20.6. The maximum atomic E-state index is 12.1. The first-order valence-electron chi connectivity index (χ1n) is 7.49. The molecule has 0 bridgehead atoms. The van der Waals surface area contributed by atoms with E-state index in [1.165, 1.54) is 0 Å².